The van der Waals surface area contributed by atoms with Crippen LogP contribution in [0.5, 0.6) is 0 Å². The van der Waals surface area contributed by atoms with E-state index < -0.39 is 10.0 Å². The average Bonchev–Trinajstić information content (AvgIpc) is 2.55. The Morgan fingerprint density at radius 1 is 0.960 bits per heavy atom. The van der Waals surface area contributed by atoms with Crippen LogP contribution < -0.4 is 9.62 Å². The van der Waals surface area contributed by atoms with Crippen LogP contribution in [0.2, 0.25) is 0 Å². The molecule has 2 aromatic carbocycles. The normalized spacial score (nSPS) is 15.3. The Hall–Kier alpha value is -2.67. The topological polar surface area (TPSA) is 83.6 Å². The van der Waals surface area contributed by atoms with Crippen molar-refractivity contribution in [3.63, 3.8) is 0 Å². The maximum absolute atomic E-state index is 12.5. The van der Waals surface area contributed by atoms with Crippen molar-refractivity contribution in [2.45, 2.75) is 31.1 Å². The van der Waals surface area contributed by atoms with E-state index in [9.17, 15) is 18.0 Å². The third-order valence-electron chi connectivity index (χ3n) is 3.96. The molecule has 1 N–H and O–H groups in total. The molecule has 130 valence electrons. The number of imide groups is 1. The highest BCUT2D eigenvalue weighted by molar-refractivity contribution is 7.92. The zero-order valence-electron chi connectivity index (χ0n) is 13.7. The van der Waals surface area contributed by atoms with Gasteiger partial charge in [0.2, 0.25) is 11.8 Å². The average molecular weight is 358 g/mol. The number of rotatable bonds is 4. The van der Waals surface area contributed by atoms with Crippen molar-refractivity contribution in [2.75, 3.05) is 9.62 Å². The summed E-state index contributed by atoms with van der Waals surface area (Å²) in [5.74, 6) is -0.519. The monoisotopic (exact) mass is 358 g/mol. The molecular formula is C18H18N2O4S. The number of nitrogens with one attached hydrogen (secondary N) is 1. The highest BCUT2D eigenvalue weighted by Crippen LogP contribution is 2.24. The number of benzene rings is 2. The molecule has 0 unspecified atom stereocenters. The summed E-state index contributed by atoms with van der Waals surface area (Å²) in [7, 11) is -3.74. The Morgan fingerprint density at radius 3 is 2.20 bits per heavy atom. The van der Waals surface area contributed by atoms with Crippen molar-refractivity contribution in [2.24, 2.45) is 0 Å². The van der Waals surface area contributed by atoms with E-state index in [4.69, 9.17) is 0 Å². The fraction of sp³-hybridized carbons (Fsp3) is 0.222. The molecule has 0 atom stereocenters. The number of hydrogen-bond donors (Lipinski definition) is 1. The third-order valence-corrected chi connectivity index (χ3v) is 5.35. The Morgan fingerprint density at radius 2 is 1.60 bits per heavy atom. The molecular weight excluding hydrogens is 340 g/mol. The quantitative estimate of drug-likeness (QED) is 0.852. The molecule has 25 heavy (non-hydrogen) atoms. The molecule has 2 amide bonds. The summed E-state index contributed by atoms with van der Waals surface area (Å²) in [4.78, 5) is 25.1. The van der Waals surface area contributed by atoms with Gasteiger partial charge in [0.15, 0.2) is 0 Å². The Kier molecular flexibility index (Phi) is 4.59. The molecule has 0 saturated carbocycles. The minimum absolute atomic E-state index is 0.0645. The maximum Gasteiger partial charge on any atom is 0.261 e. The van der Waals surface area contributed by atoms with Crippen LogP contribution in [0.4, 0.5) is 11.4 Å². The van der Waals surface area contributed by atoms with E-state index in [1.807, 2.05) is 13.0 Å². The van der Waals surface area contributed by atoms with Gasteiger partial charge in [-0.05, 0) is 55.3 Å². The van der Waals surface area contributed by atoms with Crippen LogP contribution in [-0.2, 0) is 19.6 Å². The molecule has 1 heterocycles. The van der Waals surface area contributed by atoms with E-state index in [2.05, 4.69) is 4.72 Å². The van der Waals surface area contributed by atoms with Crippen LogP contribution in [0.1, 0.15) is 24.8 Å². The van der Waals surface area contributed by atoms with Crippen LogP contribution in [0.25, 0.3) is 0 Å². The first-order valence-corrected chi connectivity index (χ1v) is 9.40. The van der Waals surface area contributed by atoms with Gasteiger partial charge in [-0.15, -0.1) is 0 Å². The van der Waals surface area contributed by atoms with Crippen LogP contribution in [0.15, 0.2) is 53.4 Å². The molecule has 0 radical (unpaired) electrons. The standard InChI is InChI=1S/C18H18N2O4S/c1-13-4-2-5-14(12-13)19-25(23,24)16-10-8-15(9-11-16)20-17(21)6-3-7-18(20)22/h2,4-5,8-12,19H,3,6-7H2,1H3. The fourth-order valence-corrected chi connectivity index (χ4v) is 3.79. The SMILES string of the molecule is Cc1cccc(NS(=O)(=O)c2ccc(N3C(=O)CCCC3=O)cc2)c1. The predicted octanol–water partition coefficient (Wildman–Crippen LogP) is 2.84. The molecule has 6 nitrogen and oxygen atoms in total. The van der Waals surface area contributed by atoms with E-state index in [0.29, 0.717) is 30.6 Å². The number of carbonyl (C=O) groups excluding carboxylic acids is 2. The number of aryl methyl sites for hydroxylation is 1. The summed E-state index contributed by atoms with van der Waals surface area (Å²) in [5, 5.41) is 0. The van der Waals surface area contributed by atoms with Crippen molar-refractivity contribution in [1.29, 1.82) is 0 Å². The number of sulfonamides is 1. The number of amides is 2. The molecule has 1 aliphatic rings. The molecule has 0 bridgehead atoms. The summed E-state index contributed by atoms with van der Waals surface area (Å²) in [6.45, 7) is 1.87. The number of anilines is 2. The van der Waals surface area contributed by atoms with Gasteiger partial charge in [-0.2, -0.15) is 0 Å². The maximum atomic E-state index is 12.5. The van der Waals surface area contributed by atoms with Crippen molar-refractivity contribution >= 4 is 33.2 Å². The highest BCUT2D eigenvalue weighted by atomic mass is 32.2. The second-order valence-corrected chi connectivity index (χ2v) is 7.63. The minimum Gasteiger partial charge on any atom is -0.280 e. The van der Waals surface area contributed by atoms with E-state index >= 15 is 0 Å². The van der Waals surface area contributed by atoms with Gasteiger partial charge < -0.3 is 0 Å². The lowest BCUT2D eigenvalue weighted by Crippen LogP contribution is -2.40. The van der Waals surface area contributed by atoms with Crippen molar-refractivity contribution in [1.82, 2.24) is 0 Å². The number of hydrogen-bond acceptors (Lipinski definition) is 4. The number of piperidine rings is 1. The Balaban J connectivity index is 1.84. The Bertz CT molecular complexity index is 904. The molecule has 0 spiro atoms. The van der Waals surface area contributed by atoms with E-state index in [1.54, 1.807) is 18.2 Å². The van der Waals surface area contributed by atoms with Gasteiger partial charge in [0.1, 0.15) is 0 Å². The molecule has 2 aromatic rings. The first-order valence-electron chi connectivity index (χ1n) is 7.92. The highest BCUT2D eigenvalue weighted by Gasteiger charge is 2.27. The second kappa shape index (κ2) is 6.68. The minimum atomic E-state index is -3.74. The lowest BCUT2D eigenvalue weighted by molar-refractivity contribution is -0.129. The van der Waals surface area contributed by atoms with Gasteiger partial charge in [-0.3, -0.25) is 19.2 Å². The van der Waals surface area contributed by atoms with E-state index in [0.717, 1.165) is 10.5 Å². The fourth-order valence-electron chi connectivity index (χ4n) is 2.74. The van der Waals surface area contributed by atoms with Gasteiger partial charge in [0.25, 0.3) is 10.0 Å². The largest absolute Gasteiger partial charge is 0.280 e. The van der Waals surface area contributed by atoms with E-state index in [1.165, 1.54) is 24.3 Å². The lowest BCUT2D eigenvalue weighted by atomic mass is 10.1. The van der Waals surface area contributed by atoms with Gasteiger partial charge in [0, 0.05) is 18.5 Å². The predicted molar refractivity (Wildman–Crippen MR) is 94.8 cm³/mol. The van der Waals surface area contributed by atoms with Crippen LogP contribution in [0, 0.1) is 6.92 Å². The van der Waals surface area contributed by atoms with E-state index in [-0.39, 0.29) is 16.7 Å². The molecule has 1 fully saturated rings. The van der Waals surface area contributed by atoms with Crippen LogP contribution in [-0.4, -0.2) is 20.2 Å². The number of nitrogens with zero attached hydrogens (tertiary/aromatic N) is 1. The first-order chi connectivity index (χ1) is 11.9. The van der Waals surface area contributed by atoms with Gasteiger partial charge >= 0.3 is 0 Å². The van der Waals surface area contributed by atoms with Gasteiger partial charge in [-0.25, -0.2) is 8.42 Å². The van der Waals surface area contributed by atoms with Crippen molar-refractivity contribution < 1.29 is 18.0 Å². The van der Waals surface area contributed by atoms with Crippen LogP contribution >= 0.6 is 0 Å². The van der Waals surface area contributed by atoms with Gasteiger partial charge in [-0.1, -0.05) is 12.1 Å². The summed E-state index contributed by atoms with van der Waals surface area (Å²) < 4.78 is 27.5. The van der Waals surface area contributed by atoms with Crippen molar-refractivity contribution in [3.8, 4) is 0 Å². The molecule has 1 aliphatic heterocycles. The molecule has 7 heteroatoms. The smallest absolute Gasteiger partial charge is 0.261 e. The third kappa shape index (κ3) is 3.71. The summed E-state index contributed by atoms with van der Waals surface area (Å²) >= 11 is 0. The summed E-state index contributed by atoms with van der Waals surface area (Å²) in [6.07, 6.45) is 1.20. The summed E-state index contributed by atoms with van der Waals surface area (Å²) in [6, 6.07) is 12.8. The molecule has 1 saturated heterocycles. The molecule has 0 aromatic heterocycles. The second-order valence-electron chi connectivity index (χ2n) is 5.95. The number of carbonyl (C=O) groups is 2. The zero-order valence-corrected chi connectivity index (χ0v) is 14.5. The molecule has 3 rings (SSSR count). The van der Waals surface area contributed by atoms with Crippen LogP contribution in [0.3, 0.4) is 0 Å². The van der Waals surface area contributed by atoms with Crippen molar-refractivity contribution in [3.05, 3.63) is 54.1 Å². The Labute approximate surface area is 146 Å². The lowest BCUT2D eigenvalue weighted by Gasteiger charge is -2.24. The van der Waals surface area contributed by atoms with Gasteiger partial charge in [0.05, 0.1) is 10.6 Å². The molecule has 0 aliphatic carbocycles. The first kappa shape index (κ1) is 17.2. The summed E-state index contributed by atoms with van der Waals surface area (Å²) in [5.41, 5.74) is 1.81. The zero-order chi connectivity index (χ0) is 18.0.